The van der Waals surface area contributed by atoms with Crippen LogP contribution in [0.2, 0.25) is 0 Å². The second kappa shape index (κ2) is 4.58. The summed E-state index contributed by atoms with van der Waals surface area (Å²) in [5, 5.41) is 11.0. The fraction of sp³-hybridized carbons (Fsp3) is 0.250. The molecule has 0 spiro atoms. The highest BCUT2D eigenvalue weighted by atomic mass is 19.4. The number of rotatable bonds is 3. The summed E-state index contributed by atoms with van der Waals surface area (Å²) in [7, 11) is 0. The van der Waals surface area contributed by atoms with Crippen LogP contribution in [0.15, 0.2) is 60.7 Å². The van der Waals surface area contributed by atoms with Crippen LogP contribution in [0.1, 0.15) is 11.1 Å². The van der Waals surface area contributed by atoms with Crippen molar-refractivity contribution in [3.05, 3.63) is 71.8 Å². The lowest BCUT2D eigenvalue weighted by atomic mass is 9.75. The first-order valence-corrected chi connectivity index (χ1v) is 6.46. The van der Waals surface area contributed by atoms with Crippen LogP contribution in [0.5, 0.6) is 0 Å². The Kier molecular flexibility index (Phi) is 3.07. The SMILES string of the molecule is OC(c1ccccc1)(c1ccccc1)[C@@]1(C(F)(F)F)CO1. The molecule has 0 unspecified atom stereocenters. The third kappa shape index (κ3) is 1.96. The van der Waals surface area contributed by atoms with Gasteiger partial charge in [-0.05, 0) is 11.1 Å². The highest BCUT2D eigenvalue weighted by molar-refractivity contribution is 5.43. The van der Waals surface area contributed by atoms with Gasteiger partial charge in [-0.25, -0.2) is 0 Å². The largest absolute Gasteiger partial charge is 0.423 e. The van der Waals surface area contributed by atoms with E-state index in [0.717, 1.165) is 0 Å². The predicted molar refractivity (Wildman–Crippen MR) is 70.6 cm³/mol. The molecular weight excluding hydrogens is 281 g/mol. The zero-order chi connectivity index (χ0) is 15.1. The molecule has 0 amide bonds. The zero-order valence-electron chi connectivity index (χ0n) is 11.0. The normalized spacial score (nSPS) is 22.1. The van der Waals surface area contributed by atoms with E-state index in [2.05, 4.69) is 0 Å². The second-order valence-corrected chi connectivity index (χ2v) is 5.06. The molecule has 1 aliphatic heterocycles. The molecule has 1 saturated heterocycles. The van der Waals surface area contributed by atoms with Crippen molar-refractivity contribution in [1.29, 1.82) is 0 Å². The van der Waals surface area contributed by atoms with E-state index < -0.39 is 24.0 Å². The van der Waals surface area contributed by atoms with E-state index in [1.165, 1.54) is 24.3 Å². The molecular formula is C16H13F3O2. The Morgan fingerprint density at radius 2 is 1.24 bits per heavy atom. The highest BCUT2D eigenvalue weighted by Gasteiger charge is 2.77. The van der Waals surface area contributed by atoms with Crippen LogP contribution >= 0.6 is 0 Å². The molecule has 1 atom stereocenters. The quantitative estimate of drug-likeness (QED) is 0.881. The molecule has 110 valence electrons. The van der Waals surface area contributed by atoms with Crippen LogP contribution in [0, 0.1) is 0 Å². The Balaban J connectivity index is 2.23. The van der Waals surface area contributed by atoms with E-state index in [4.69, 9.17) is 4.74 Å². The van der Waals surface area contributed by atoms with Gasteiger partial charge in [0.2, 0.25) is 5.60 Å². The maximum absolute atomic E-state index is 13.5. The minimum absolute atomic E-state index is 0.158. The van der Waals surface area contributed by atoms with Crippen LogP contribution < -0.4 is 0 Å². The average molecular weight is 294 g/mol. The van der Waals surface area contributed by atoms with Crippen molar-refractivity contribution in [2.45, 2.75) is 17.4 Å². The molecule has 2 aromatic rings. The topological polar surface area (TPSA) is 32.8 Å². The van der Waals surface area contributed by atoms with Crippen molar-refractivity contribution >= 4 is 0 Å². The summed E-state index contributed by atoms with van der Waals surface area (Å²) >= 11 is 0. The van der Waals surface area contributed by atoms with Gasteiger partial charge in [-0.15, -0.1) is 0 Å². The van der Waals surface area contributed by atoms with Gasteiger partial charge >= 0.3 is 6.18 Å². The second-order valence-electron chi connectivity index (χ2n) is 5.06. The molecule has 21 heavy (non-hydrogen) atoms. The standard InChI is InChI=1S/C16H13F3O2/c17-16(18,19)14(11-21-14)15(20,12-7-3-1-4-8-12)13-9-5-2-6-10-13/h1-10,20H,11H2/t14-/m1/s1. The van der Waals surface area contributed by atoms with Crippen LogP contribution in [0.25, 0.3) is 0 Å². The van der Waals surface area contributed by atoms with Gasteiger partial charge in [-0.2, -0.15) is 13.2 Å². The van der Waals surface area contributed by atoms with Crippen molar-refractivity contribution in [2.24, 2.45) is 0 Å². The van der Waals surface area contributed by atoms with Gasteiger partial charge in [-0.3, -0.25) is 0 Å². The van der Waals surface area contributed by atoms with Crippen LogP contribution in [-0.4, -0.2) is 23.5 Å². The summed E-state index contributed by atoms with van der Waals surface area (Å²) in [5.74, 6) is 0. The van der Waals surface area contributed by atoms with E-state index in [1.54, 1.807) is 36.4 Å². The third-order valence-corrected chi connectivity index (χ3v) is 3.86. The Bertz CT molecular complexity index is 579. The molecule has 1 N–H and O–H groups in total. The molecule has 0 aromatic heterocycles. The molecule has 1 fully saturated rings. The Labute approximate surface area is 119 Å². The summed E-state index contributed by atoms with van der Waals surface area (Å²) in [6.07, 6.45) is -4.67. The van der Waals surface area contributed by atoms with Crippen molar-refractivity contribution in [3.63, 3.8) is 0 Å². The number of halogens is 3. The lowest BCUT2D eigenvalue weighted by Gasteiger charge is -2.36. The Morgan fingerprint density at radius 1 is 0.857 bits per heavy atom. The van der Waals surface area contributed by atoms with Gasteiger partial charge in [0.15, 0.2) is 5.60 Å². The minimum Gasteiger partial charge on any atom is -0.377 e. The van der Waals surface area contributed by atoms with Crippen molar-refractivity contribution < 1.29 is 23.0 Å². The summed E-state index contributed by atoms with van der Waals surface area (Å²) in [6, 6.07) is 15.6. The van der Waals surface area contributed by atoms with Gasteiger partial charge in [-0.1, -0.05) is 60.7 Å². The van der Waals surface area contributed by atoms with Crippen LogP contribution in [-0.2, 0) is 10.3 Å². The Hall–Kier alpha value is -1.85. The molecule has 3 rings (SSSR count). The molecule has 1 heterocycles. The third-order valence-electron chi connectivity index (χ3n) is 3.86. The maximum atomic E-state index is 13.5. The van der Waals surface area contributed by atoms with E-state index >= 15 is 0 Å². The molecule has 0 saturated carbocycles. The summed E-state index contributed by atoms with van der Waals surface area (Å²) in [6.45, 7) is -0.559. The van der Waals surface area contributed by atoms with Gasteiger partial charge in [0, 0.05) is 0 Å². The van der Waals surface area contributed by atoms with Gasteiger partial charge in [0.1, 0.15) is 0 Å². The zero-order valence-corrected chi connectivity index (χ0v) is 11.0. The number of benzene rings is 2. The smallest absolute Gasteiger partial charge is 0.377 e. The first-order valence-electron chi connectivity index (χ1n) is 6.46. The molecule has 0 aliphatic carbocycles. The summed E-state index contributed by atoms with van der Waals surface area (Å²) in [5.41, 5.74) is -4.55. The highest BCUT2D eigenvalue weighted by Crippen LogP contribution is 2.57. The van der Waals surface area contributed by atoms with Crippen LogP contribution in [0.4, 0.5) is 13.2 Å². The van der Waals surface area contributed by atoms with Crippen molar-refractivity contribution in [1.82, 2.24) is 0 Å². The predicted octanol–water partition coefficient (Wildman–Crippen LogP) is 3.25. The lowest BCUT2D eigenvalue weighted by molar-refractivity contribution is -0.230. The average Bonchev–Trinajstić information content (AvgIpc) is 3.30. The molecule has 5 heteroatoms. The van der Waals surface area contributed by atoms with E-state index in [1.807, 2.05) is 0 Å². The molecule has 2 nitrogen and oxygen atoms in total. The first kappa shape index (κ1) is 14.1. The summed E-state index contributed by atoms with van der Waals surface area (Å²) < 4.78 is 45.2. The fourth-order valence-corrected chi connectivity index (χ4v) is 2.64. The van der Waals surface area contributed by atoms with Gasteiger partial charge < -0.3 is 9.84 Å². The number of epoxide rings is 1. The minimum atomic E-state index is -4.67. The molecule has 1 aliphatic rings. The van der Waals surface area contributed by atoms with Crippen molar-refractivity contribution in [3.8, 4) is 0 Å². The number of alkyl halides is 3. The molecule has 2 aromatic carbocycles. The number of hydrogen-bond acceptors (Lipinski definition) is 2. The summed E-state index contributed by atoms with van der Waals surface area (Å²) in [4.78, 5) is 0. The van der Waals surface area contributed by atoms with E-state index in [0.29, 0.717) is 0 Å². The monoisotopic (exact) mass is 294 g/mol. The first-order chi connectivity index (χ1) is 9.92. The molecule has 0 radical (unpaired) electrons. The van der Waals surface area contributed by atoms with Crippen LogP contribution in [0.3, 0.4) is 0 Å². The number of aliphatic hydroxyl groups is 1. The lowest BCUT2D eigenvalue weighted by Crippen LogP contribution is -2.53. The number of hydrogen-bond donors (Lipinski definition) is 1. The van der Waals surface area contributed by atoms with E-state index in [-0.39, 0.29) is 11.1 Å². The van der Waals surface area contributed by atoms with Crippen molar-refractivity contribution in [2.75, 3.05) is 6.61 Å². The fourth-order valence-electron chi connectivity index (χ4n) is 2.64. The molecule has 0 bridgehead atoms. The van der Waals surface area contributed by atoms with Gasteiger partial charge in [0.05, 0.1) is 6.61 Å². The van der Waals surface area contributed by atoms with Gasteiger partial charge in [0.25, 0.3) is 0 Å². The number of ether oxygens (including phenoxy) is 1. The maximum Gasteiger partial charge on any atom is 0.423 e. The Morgan fingerprint density at radius 3 is 1.52 bits per heavy atom. The van der Waals surface area contributed by atoms with E-state index in [9.17, 15) is 18.3 Å².